The van der Waals surface area contributed by atoms with Crippen molar-refractivity contribution >= 4 is 34.6 Å². The van der Waals surface area contributed by atoms with E-state index < -0.39 is 5.97 Å². The molecule has 2 aromatic heterocycles. The van der Waals surface area contributed by atoms with Crippen LogP contribution in [0.15, 0.2) is 17.1 Å². The zero-order chi connectivity index (χ0) is 13.0. The monoisotopic (exact) mass is 283 g/mol. The fourth-order valence-corrected chi connectivity index (χ4v) is 2.53. The van der Waals surface area contributed by atoms with E-state index in [-0.39, 0.29) is 11.6 Å². The molecule has 0 saturated heterocycles. The summed E-state index contributed by atoms with van der Waals surface area (Å²) in [6, 6.07) is 0. The Balaban J connectivity index is 1.81. The molecule has 6 nitrogen and oxygen atoms in total. The van der Waals surface area contributed by atoms with Crippen LogP contribution in [0, 0.1) is 0 Å². The Labute approximate surface area is 110 Å². The number of carbonyl (C=O) groups is 2. The van der Waals surface area contributed by atoms with Crippen molar-refractivity contribution in [2.45, 2.75) is 6.42 Å². The van der Waals surface area contributed by atoms with Gasteiger partial charge in [-0.05, 0) is 0 Å². The van der Waals surface area contributed by atoms with Gasteiger partial charge in [0, 0.05) is 18.3 Å². The second kappa shape index (κ2) is 5.69. The molecule has 94 valence electrons. The Hall–Kier alpha value is -1.80. The van der Waals surface area contributed by atoms with E-state index in [9.17, 15) is 9.59 Å². The summed E-state index contributed by atoms with van der Waals surface area (Å²) in [4.78, 5) is 30.5. The summed E-state index contributed by atoms with van der Waals surface area (Å²) in [6.07, 6.45) is 2.02. The van der Waals surface area contributed by atoms with E-state index in [2.05, 4.69) is 15.3 Å². The molecular weight excluding hydrogens is 274 g/mol. The highest BCUT2D eigenvalue weighted by molar-refractivity contribution is 7.11. The molecule has 0 spiro atoms. The van der Waals surface area contributed by atoms with Gasteiger partial charge in [-0.2, -0.15) is 0 Å². The standard InChI is InChI=1S/C10H9N3O3S2/c14-9(7-3-11-5-18-7)12-2-1-8-13-6(4-17-8)10(15)16/h3-5H,1-2H2,(H,12,14)(H,15,16). The van der Waals surface area contributed by atoms with Crippen molar-refractivity contribution in [3.63, 3.8) is 0 Å². The molecule has 8 heteroatoms. The first-order valence-corrected chi connectivity index (χ1v) is 6.77. The van der Waals surface area contributed by atoms with Crippen molar-refractivity contribution < 1.29 is 14.7 Å². The first-order chi connectivity index (χ1) is 8.66. The molecule has 0 aliphatic carbocycles. The summed E-state index contributed by atoms with van der Waals surface area (Å²) in [5, 5.41) is 13.6. The Kier molecular flexibility index (Phi) is 4.00. The molecule has 2 heterocycles. The van der Waals surface area contributed by atoms with Crippen LogP contribution in [0.25, 0.3) is 0 Å². The predicted octanol–water partition coefficient (Wildman–Crippen LogP) is 1.27. The summed E-state index contributed by atoms with van der Waals surface area (Å²) in [5.74, 6) is -1.21. The minimum atomic E-state index is -1.04. The number of aromatic carboxylic acids is 1. The minimum absolute atomic E-state index is 0.0452. The molecule has 0 bridgehead atoms. The highest BCUT2D eigenvalue weighted by Gasteiger charge is 2.10. The van der Waals surface area contributed by atoms with Crippen LogP contribution in [0.4, 0.5) is 0 Å². The van der Waals surface area contributed by atoms with E-state index >= 15 is 0 Å². The third kappa shape index (κ3) is 3.11. The molecule has 18 heavy (non-hydrogen) atoms. The van der Waals surface area contributed by atoms with Crippen LogP contribution in [0.3, 0.4) is 0 Å². The molecule has 2 aromatic rings. The lowest BCUT2D eigenvalue weighted by Crippen LogP contribution is -2.24. The molecule has 2 rings (SSSR count). The molecule has 0 radical (unpaired) electrons. The van der Waals surface area contributed by atoms with Gasteiger partial charge in [0.15, 0.2) is 5.69 Å². The molecule has 0 aromatic carbocycles. The Morgan fingerprint density at radius 3 is 2.83 bits per heavy atom. The zero-order valence-electron chi connectivity index (χ0n) is 9.12. The van der Waals surface area contributed by atoms with E-state index in [1.807, 2.05) is 0 Å². The number of thiazole rings is 2. The summed E-state index contributed by atoms with van der Waals surface area (Å²) in [7, 11) is 0. The number of rotatable bonds is 5. The molecular formula is C10H9N3O3S2. The fourth-order valence-electron chi connectivity index (χ4n) is 1.22. The van der Waals surface area contributed by atoms with Gasteiger partial charge in [-0.3, -0.25) is 9.78 Å². The maximum Gasteiger partial charge on any atom is 0.355 e. The van der Waals surface area contributed by atoms with E-state index in [0.29, 0.717) is 22.9 Å². The quantitative estimate of drug-likeness (QED) is 0.862. The first kappa shape index (κ1) is 12.7. The number of hydrogen-bond acceptors (Lipinski definition) is 6. The summed E-state index contributed by atoms with van der Waals surface area (Å²) >= 11 is 2.55. The lowest BCUT2D eigenvalue weighted by molar-refractivity contribution is 0.0690. The molecule has 0 unspecified atom stereocenters. The number of amides is 1. The molecule has 2 N–H and O–H groups in total. The van der Waals surface area contributed by atoms with E-state index in [4.69, 9.17) is 5.11 Å². The maximum atomic E-state index is 11.6. The van der Waals surface area contributed by atoms with Crippen LogP contribution >= 0.6 is 22.7 Å². The number of carboxylic acids is 1. The van der Waals surface area contributed by atoms with Gasteiger partial charge in [0.1, 0.15) is 4.88 Å². The van der Waals surface area contributed by atoms with Gasteiger partial charge >= 0.3 is 5.97 Å². The Bertz CT molecular complexity index is 550. The van der Waals surface area contributed by atoms with Crippen molar-refractivity contribution in [3.05, 3.63) is 32.7 Å². The van der Waals surface area contributed by atoms with Gasteiger partial charge < -0.3 is 10.4 Å². The van der Waals surface area contributed by atoms with E-state index in [1.54, 1.807) is 5.51 Å². The van der Waals surface area contributed by atoms with Gasteiger partial charge in [0.25, 0.3) is 5.91 Å². The van der Waals surface area contributed by atoms with Crippen LogP contribution in [-0.4, -0.2) is 33.5 Å². The number of aromatic nitrogens is 2. The SMILES string of the molecule is O=C(O)c1csc(CCNC(=O)c2cncs2)n1. The summed E-state index contributed by atoms with van der Waals surface area (Å²) in [6.45, 7) is 0.420. The highest BCUT2D eigenvalue weighted by Crippen LogP contribution is 2.10. The van der Waals surface area contributed by atoms with E-state index in [0.717, 1.165) is 0 Å². The third-order valence-electron chi connectivity index (χ3n) is 2.05. The van der Waals surface area contributed by atoms with Gasteiger partial charge in [0.05, 0.1) is 16.7 Å². The van der Waals surface area contributed by atoms with Crippen molar-refractivity contribution in [1.82, 2.24) is 15.3 Å². The normalized spacial score (nSPS) is 10.2. The van der Waals surface area contributed by atoms with Crippen LogP contribution in [0.1, 0.15) is 25.2 Å². The fraction of sp³-hybridized carbons (Fsp3) is 0.200. The third-order valence-corrected chi connectivity index (χ3v) is 3.73. The number of nitrogens with one attached hydrogen (secondary N) is 1. The molecule has 0 aliphatic heterocycles. The number of carbonyl (C=O) groups excluding carboxylic acids is 1. The molecule has 1 amide bonds. The zero-order valence-corrected chi connectivity index (χ0v) is 10.8. The average molecular weight is 283 g/mol. The molecule has 0 fully saturated rings. The van der Waals surface area contributed by atoms with E-state index in [1.165, 1.54) is 34.3 Å². The average Bonchev–Trinajstić information content (AvgIpc) is 3.00. The lowest BCUT2D eigenvalue weighted by atomic mass is 10.4. The van der Waals surface area contributed by atoms with Gasteiger partial charge in [-0.1, -0.05) is 0 Å². The Morgan fingerprint density at radius 2 is 2.22 bits per heavy atom. The lowest BCUT2D eigenvalue weighted by Gasteiger charge is -2.00. The molecule has 0 saturated carbocycles. The summed E-state index contributed by atoms with van der Waals surface area (Å²) < 4.78 is 0. The van der Waals surface area contributed by atoms with Gasteiger partial charge in [-0.15, -0.1) is 22.7 Å². The van der Waals surface area contributed by atoms with Crippen LogP contribution in [0.2, 0.25) is 0 Å². The topological polar surface area (TPSA) is 92.2 Å². The second-order valence-corrected chi connectivity index (χ2v) is 5.13. The minimum Gasteiger partial charge on any atom is -0.476 e. The predicted molar refractivity (Wildman–Crippen MR) is 67.2 cm³/mol. The maximum absolute atomic E-state index is 11.6. The Morgan fingerprint density at radius 1 is 1.39 bits per heavy atom. The second-order valence-electron chi connectivity index (χ2n) is 3.30. The molecule has 0 aliphatic rings. The molecule has 0 atom stereocenters. The van der Waals surface area contributed by atoms with Crippen molar-refractivity contribution in [3.8, 4) is 0 Å². The first-order valence-electron chi connectivity index (χ1n) is 5.01. The summed E-state index contributed by atoms with van der Waals surface area (Å²) in [5.41, 5.74) is 1.64. The van der Waals surface area contributed by atoms with Crippen LogP contribution < -0.4 is 5.32 Å². The van der Waals surface area contributed by atoms with Crippen molar-refractivity contribution in [2.24, 2.45) is 0 Å². The van der Waals surface area contributed by atoms with Gasteiger partial charge in [-0.25, -0.2) is 9.78 Å². The number of nitrogens with zero attached hydrogens (tertiary/aromatic N) is 2. The smallest absolute Gasteiger partial charge is 0.355 e. The largest absolute Gasteiger partial charge is 0.476 e. The van der Waals surface area contributed by atoms with Gasteiger partial charge in [0.2, 0.25) is 0 Å². The van der Waals surface area contributed by atoms with Crippen molar-refractivity contribution in [1.29, 1.82) is 0 Å². The van der Waals surface area contributed by atoms with Crippen LogP contribution in [0.5, 0.6) is 0 Å². The number of hydrogen-bond donors (Lipinski definition) is 2. The van der Waals surface area contributed by atoms with Crippen LogP contribution in [-0.2, 0) is 6.42 Å². The highest BCUT2D eigenvalue weighted by atomic mass is 32.1. The van der Waals surface area contributed by atoms with Crippen molar-refractivity contribution in [2.75, 3.05) is 6.54 Å². The number of carboxylic acid groups (broad SMARTS) is 1.